The third-order valence-electron chi connectivity index (χ3n) is 2.49. The molecule has 1 aromatic carbocycles. The topological polar surface area (TPSA) is 98.7 Å². The smallest absolute Gasteiger partial charge is 0.337 e. The lowest BCUT2D eigenvalue weighted by atomic mass is 10.1. The summed E-state index contributed by atoms with van der Waals surface area (Å²) in [7, 11) is 0. The Hall–Kier alpha value is -2.54. The van der Waals surface area contributed by atoms with Gasteiger partial charge in [-0.2, -0.15) is 0 Å². The summed E-state index contributed by atoms with van der Waals surface area (Å²) in [6.07, 6.45) is 0. The van der Waals surface area contributed by atoms with E-state index in [0.29, 0.717) is 6.54 Å². The number of amides is 2. The number of aromatic carboxylic acids is 1. The molecule has 0 atom stereocenters. The van der Waals surface area contributed by atoms with Crippen molar-refractivity contribution in [3.63, 3.8) is 0 Å². The Morgan fingerprint density at radius 1 is 1.25 bits per heavy atom. The van der Waals surface area contributed by atoms with E-state index < -0.39 is 12.0 Å². The van der Waals surface area contributed by atoms with Crippen LogP contribution in [0, 0.1) is 0 Å². The second-order valence-electron chi connectivity index (χ2n) is 3.92. The summed E-state index contributed by atoms with van der Waals surface area (Å²) in [6.45, 7) is 0.365. The fourth-order valence-electron chi connectivity index (χ4n) is 1.57. The van der Waals surface area contributed by atoms with Crippen molar-refractivity contribution >= 4 is 29.0 Å². The van der Waals surface area contributed by atoms with Gasteiger partial charge in [0, 0.05) is 4.88 Å². The van der Waals surface area contributed by atoms with E-state index in [1.165, 1.54) is 23.5 Å². The largest absolute Gasteiger partial charge is 0.508 e. The van der Waals surface area contributed by atoms with Gasteiger partial charge in [-0.15, -0.1) is 11.3 Å². The molecule has 7 heteroatoms. The molecule has 0 unspecified atom stereocenters. The Morgan fingerprint density at radius 2 is 2.05 bits per heavy atom. The Kier molecular flexibility index (Phi) is 4.21. The van der Waals surface area contributed by atoms with E-state index in [2.05, 4.69) is 10.6 Å². The number of rotatable bonds is 4. The van der Waals surface area contributed by atoms with Crippen molar-refractivity contribution in [2.24, 2.45) is 0 Å². The average molecular weight is 292 g/mol. The van der Waals surface area contributed by atoms with Gasteiger partial charge in [-0.1, -0.05) is 6.07 Å². The molecule has 2 amide bonds. The first-order chi connectivity index (χ1) is 9.56. The Morgan fingerprint density at radius 3 is 2.70 bits per heavy atom. The number of carbonyl (C=O) groups is 2. The van der Waals surface area contributed by atoms with Gasteiger partial charge < -0.3 is 20.8 Å². The van der Waals surface area contributed by atoms with Crippen molar-refractivity contribution in [1.82, 2.24) is 5.32 Å². The van der Waals surface area contributed by atoms with Crippen LogP contribution in [0.2, 0.25) is 0 Å². The summed E-state index contributed by atoms with van der Waals surface area (Å²) in [6, 6.07) is 6.98. The number of anilines is 1. The molecule has 2 rings (SSSR count). The van der Waals surface area contributed by atoms with E-state index >= 15 is 0 Å². The second-order valence-corrected chi connectivity index (χ2v) is 4.95. The highest BCUT2D eigenvalue weighted by Gasteiger charge is 2.13. The SMILES string of the molecule is O=C(NCc1cccs1)Nc1ccc(O)cc1C(=O)O. The van der Waals surface area contributed by atoms with Gasteiger partial charge in [-0.05, 0) is 29.6 Å². The fourth-order valence-corrected chi connectivity index (χ4v) is 2.21. The summed E-state index contributed by atoms with van der Waals surface area (Å²) in [5.41, 5.74) is -0.0461. The summed E-state index contributed by atoms with van der Waals surface area (Å²) in [4.78, 5) is 23.7. The quantitative estimate of drug-likeness (QED) is 0.650. The lowest BCUT2D eigenvalue weighted by Gasteiger charge is -2.09. The van der Waals surface area contributed by atoms with E-state index in [-0.39, 0.29) is 17.0 Å². The molecule has 0 aliphatic carbocycles. The third-order valence-corrected chi connectivity index (χ3v) is 3.36. The van der Waals surface area contributed by atoms with E-state index in [4.69, 9.17) is 5.11 Å². The Labute approximate surface area is 118 Å². The van der Waals surface area contributed by atoms with E-state index in [1.54, 1.807) is 0 Å². The lowest BCUT2D eigenvalue weighted by Crippen LogP contribution is -2.28. The molecule has 0 aliphatic heterocycles. The number of hydrogen-bond donors (Lipinski definition) is 4. The van der Waals surface area contributed by atoms with Crippen LogP contribution in [-0.4, -0.2) is 22.2 Å². The number of carboxylic acids is 1. The molecule has 20 heavy (non-hydrogen) atoms. The molecule has 0 aliphatic rings. The van der Waals surface area contributed by atoms with Crippen molar-refractivity contribution in [1.29, 1.82) is 0 Å². The van der Waals surface area contributed by atoms with Crippen LogP contribution in [-0.2, 0) is 6.54 Å². The van der Waals surface area contributed by atoms with Crippen LogP contribution < -0.4 is 10.6 Å². The first-order valence-electron chi connectivity index (χ1n) is 5.70. The van der Waals surface area contributed by atoms with Gasteiger partial charge in [-0.25, -0.2) is 9.59 Å². The molecule has 0 fully saturated rings. The zero-order chi connectivity index (χ0) is 14.5. The van der Waals surface area contributed by atoms with Gasteiger partial charge in [0.05, 0.1) is 17.8 Å². The standard InChI is InChI=1S/C13H12N2O4S/c16-8-3-4-11(10(6-8)12(17)18)15-13(19)14-7-9-2-1-5-20-9/h1-6,16H,7H2,(H,17,18)(H2,14,15,19). The molecule has 4 N–H and O–H groups in total. The highest BCUT2D eigenvalue weighted by molar-refractivity contribution is 7.09. The predicted molar refractivity (Wildman–Crippen MR) is 75.2 cm³/mol. The van der Waals surface area contributed by atoms with Gasteiger partial charge >= 0.3 is 12.0 Å². The van der Waals surface area contributed by atoms with Crippen molar-refractivity contribution in [3.8, 4) is 5.75 Å². The molecule has 2 aromatic rings. The maximum absolute atomic E-state index is 11.7. The van der Waals surface area contributed by atoms with Crippen molar-refractivity contribution < 1.29 is 19.8 Å². The van der Waals surface area contributed by atoms with E-state index in [0.717, 1.165) is 10.9 Å². The highest BCUT2D eigenvalue weighted by Crippen LogP contribution is 2.21. The molecule has 0 spiro atoms. The monoisotopic (exact) mass is 292 g/mol. The lowest BCUT2D eigenvalue weighted by molar-refractivity contribution is 0.0697. The number of urea groups is 1. The van der Waals surface area contributed by atoms with Gasteiger partial charge in [0.15, 0.2) is 0 Å². The number of thiophene rings is 1. The van der Waals surface area contributed by atoms with Crippen LogP contribution in [0.25, 0.3) is 0 Å². The van der Waals surface area contributed by atoms with E-state index in [9.17, 15) is 14.7 Å². The molecular weight excluding hydrogens is 280 g/mol. The van der Waals surface area contributed by atoms with Crippen LogP contribution in [0.4, 0.5) is 10.5 Å². The molecule has 0 bridgehead atoms. The Balaban J connectivity index is 2.02. The summed E-state index contributed by atoms with van der Waals surface area (Å²) >= 11 is 1.51. The highest BCUT2D eigenvalue weighted by atomic mass is 32.1. The normalized spacial score (nSPS) is 10.0. The van der Waals surface area contributed by atoms with Gasteiger partial charge in [0.25, 0.3) is 0 Å². The van der Waals surface area contributed by atoms with E-state index in [1.807, 2.05) is 17.5 Å². The van der Waals surface area contributed by atoms with Gasteiger partial charge in [-0.3, -0.25) is 0 Å². The number of aromatic hydroxyl groups is 1. The molecule has 1 aromatic heterocycles. The number of carbonyl (C=O) groups excluding carboxylic acids is 1. The summed E-state index contributed by atoms with van der Waals surface area (Å²) in [5.74, 6) is -1.40. The number of carboxylic acid groups (broad SMARTS) is 1. The van der Waals surface area contributed by atoms with Crippen LogP contribution in [0.15, 0.2) is 35.7 Å². The zero-order valence-corrected chi connectivity index (χ0v) is 11.1. The molecule has 0 saturated heterocycles. The third kappa shape index (κ3) is 3.48. The Bertz CT molecular complexity index is 625. The van der Waals surface area contributed by atoms with Crippen molar-refractivity contribution in [3.05, 3.63) is 46.2 Å². The first kappa shape index (κ1) is 13.9. The predicted octanol–water partition coefficient (Wildman–Crippen LogP) is 2.47. The fraction of sp³-hybridized carbons (Fsp3) is 0.0769. The number of nitrogens with one attached hydrogen (secondary N) is 2. The van der Waals surface area contributed by atoms with Crippen LogP contribution in [0.1, 0.15) is 15.2 Å². The molecule has 0 radical (unpaired) electrons. The van der Waals surface area contributed by atoms with Crippen LogP contribution >= 0.6 is 11.3 Å². The van der Waals surface area contributed by atoms with Crippen LogP contribution in [0.3, 0.4) is 0 Å². The number of phenols is 1. The number of benzene rings is 1. The van der Waals surface area contributed by atoms with Crippen molar-refractivity contribution in [2.75, 3.05) is 5.32 Å². The molecular formula is C13H12N2O4S. The van der Waals surface area contributed by atoms with Gasteiger partial charge in [0.1, 0.15) is 5.75 Å². The molecule has 1 heterocycles. The minimum atomic E-state index is -1.23. The second kappa shape index (κ2) is 6.07. The number of hydrogen-bond acceptors (Lipinski definition) is 4. The molecule has 0 saturated carbocycles. The molecule has 6 nitrogen and oxygen atoms in total. The first-order valence-corrected chi connectivity index (χ1v) is 6.58. The minimum absolute atomic E-state index is 0.124. The summed E-state index contributed by atoms with van der Waals surface area (Å²) in [5, 5.41) is 25.2. The van der Waals surface area contributed by atoms with Crippen molar-refractivity contribution in [2.45, 2.75) is 6.54 Å². The van der Waals surface area contributed by atoms with Crippen LogP contribution in [0.5, 0.6) is 5.75 Å². The zero-order valence-electron chi connectivity index (χ0n) is 10.3. The minimum Gasteiger partial charge on any atom is -0.508 e. The summed E-state index contributed by atoms with van der Waals surface area (Å²) < 4.78 is 0. The molecule has 104 valence electrons. The maximum atomic E-state index is 11.7. The average Bonchev–Trinajstić information content (AvgIpc) is 2.91. The maximum Gasteiger partial charge on any atom is 0.337 e. The van der Waals surface area contributed by atoms with Gasteiger partial charge in [0.2, 0.25) is 0 Å². The number of phenolic OH excluding ortho intramolecular Hbond substituents is 1.